The van der Waals surface area contributed by atoms with Crippen LogP contribution in [0.25, 0.3) is 11.5 Å². The van der Waals surface area contributed by atoms with Crippen LogP contribution in [0.2, 0.25) is 5.02 Å². The van der Waals surface area contributed by atoms with Crippen molar-refractivity contribution in [2.75, 3.05) is 13.2 Å². The molecule has 0 bridgehead atoms. The fourth-order valence-corrected chi connectivity index (χ4v) is 2.78. The molecule has 0 radical (unpaired) electrons. The first-order chi connectivity index (χ1) is 11.8. The van der Waals surface area contributed by atoms with Crippen molar-refractivity contribution < 1.29 is 9.26 Å². The third-order valence-corrected chi connectivity index (χ3v) is 3.94. The van der Waals surface area contributed by atoms with Gasteiger partial charge in [0.2, 0.25) is 11.7 Å². The highest BCUT2D eigenvalue weighted by Gasteiger charge is 2.19. The van der Waals surface area contributed by atoms with E-state index in [0.29, 0.717) is 42.1 Å². The van der Waals surface area contributed by atoms with Gasteiger partial charge in [0.1, 0.15) is 18.1 Å². The maximum absolute atomic E-state index is 6.08. The summed E-state index contributed by atoms with van der Waals surface area (Å²) in [6.45, 7) is 2.59. The Kier molecular flexibility index (Phi) is 4.10. The molecule has 1 aliphatic rings. The van der Waals surface area contributed by atoms with E-state index in [1.807, 2.05) is 18.2 Å². The summed E-state index contributed by atoms with van der Waals surface area (Å²) in [7, 11) is 0. The molecule has 0 spiro atoms. The second-order valence-corrected chi connectivity index (χ2v) is 5.85. The van der Waals surface area contributed by atoms with Crippen molar-refractivity contribution in [2.45, 2.75) is 13.1 Å². The fourth-order valence-electron chi connectivity index (χ4n) is 2.58. The van der Waals surface area contributed by atoms with Crippen LogP contribution in [0.15, 0.2) is 41.3 Å². The number of benzene rings is 1. The maximum Gasteiger partial charge on any atom is 0.241 e. The highest BCUT2D eigenvalue weighted by Crippen LogP contribution is 2.27. The van der Waals surface area contributed by atoms with Crippen LogP contribution in [0.3, 0.4) is 0 Å². The van der Waals surface area contributed by atoms with Crippen molar-refractivity contribution in [3.05, 3.63) is 53.3 Å². The van der Waals surface area contributed by atoms with Crippen molar-refractivity contribution in [3.8, 4) is 17.3 Å². The Hall–Kier alpha value is -2.51. The van der Waals surface area contributed by atoms with Gasteiger partial charge in [0.05, 0.1) is 12.7 Å². The topological polar surface area (TPSA) is 77.2 Å². The zero-order valence-corrected chi connectivity index (χ0v) is 13.5. The summed E-state index contributed by atoms with van der Waals surface area (Å²) >= 11 is 6.08. The molecule has 24 heavy (non-hydrogen) atoms. The summed E-state index contributed by atoms with van der Waals surface area (Å²) in [5, 5.41) is 4.66. The lowest BCUT2D eigenvalue weighted by molar-refractivity contribution is 0.196. The lowest BCUT2D eigenvalue weighted by Gasteiger charge is -2.16. The third kappa shape index (κ3) is 3.22. The van der Waals surface area contributed by atoms with Crippen LogP contribution >= 0.6 is 11.6 Å². The molecular formula is C16H14ClN5O2. The largest absolute Gasteiger partial charge is 0.492 e. The molecule has 3 aromatic rings. The second kappa shape index (κ2) is 6.54. The third-order valence-electron chi connectivity index (χ3n) is 3.70. The van der Waals surface area contributed by atoms with Gasteiger partial charge in [-0.15, -0.1) is 0 Å². The lowest BCUT2D eigenvalue weighted by atomic mass is 10.2. The molecule has 4 rings (SSSR count). The molecule has 2 aromatic heterocycles. The van der Waals surface area contributed by atoms with Crippen LogP contribution < -0.4 is 4.74 Å². The second-order valence-electron chi connectivity index (χ2n) is 5.41. The van der Waals surface area contributed by atoms with Crippen molar-refractivity contribution in [2.24, 2.45) is 0 Å². The highest BCUT2D eigenvalue weighted by atomic mass is 35.5. The molecule has 122 valence electrons. The molecule has 0 saturated carbocycles. The van der Waals surface area contributed by atoms with Gasteiger partial charge in [0.25, 0.3) is 0 Å². The summed E-state index contributed by atoms with van der Waals surface area (Å²) in [6, 6.07) is 5.66. The Morgan fingerprint density at radius 3 is 3.08 bits per heavy atom. The van der Waals surface area contributed by atoms with E-state index in [-0.39, 0.29) is 0 Å². The van der Waals surface area contributed by atoms with Gasteiger partial charge in [-0.2, -0.15) is 4.98 Å². The average molecular weight is 344 g/mol. The SMILES string of the molecule is Clc1ccc2c(c1)CN(Cc1nc(-c3cnccn3)no1)CCO2. The first-order valence-electron chi connectivity index (χ1n) is 7.50. The van der Waals surface area contributed by atoms with E-state index < -0.39 is 0 Å². The van der Waals surface area contributed by atoms with Crippen LogP contribution in [-0.2, 0) is 13.1 Å². The van der Waals surface area contributed by atoms with E-state index in [4.69, 9.17) is 20.9 Å². The summed E-state index contributed by atoms with van der Waals surface area (Å²) in [5.41, 5.74) is 1.64. The normalized spacial score (nSPS) is 14.7. The van der Waals surface area contributed by atoms with Crippen LogP contribution in [-0.4, -0.2) is 38.2 Å². The molecular weight excluding hydrogens is 330 g/mol. The van der Waals surface area contributed by atoms with E-state index in [0.717, 1.165) is 17.9 Å². The summed E-state index contributed by atoms with van der Waals surface area (Å²) in [4.78, 5) is 14.7. The molecule has 0 amide bonds. The number of hydrogen-bond acceptors (Lipinski definition) is 7. The van der Waals surface area contributed by atoms with Crippen LogP contribution in [0.1, 0.15) is 11.5 Å². The number of nitrogens with zero attached hydrogens (tertiary/aromatic N) is 5. The number of ether oxygens (including phenoxy) is 1. The zero-order valence-electron chi connectivity index (χ0n) is 12.7. The molecule has 1 aliphatic heterocycles. The monoisotopic (exact) mass is 343 g/mol. The first kappa shape index (κ1) is 15.0. The Balaban J connectivity index is 1.50. The minimum atomic E-state index is 0.438. The smallest absolute Gasteiger partial charge is 0.241 e. The Morgan fingerprint density at radius 1 is 1.25 bits per heavy atom. The Labute approximate surface area is 143 Å². The van der Waals surface area contributed by atoms with E-state index >= 15 is 0 Å². The molecule has 7 nitrogen and oxygen atoms in total. The van der Waals surface area contributed by atoms with Crippen molar-refractivity contribution in [1.82, 2.24) is 25.0 Å². The van der Waals surface area contributed by atoms with Crippen molar-refractivity contribution in [1.29, 1.82) is 0 Å². The number of fused-ring (bicyclic) bond motifs is 1. The van der Waals surface area contributed by atoms with E-state index in [1.54, 1.807) is 18.6 Å². The number of hydrogen-bond donors (Lipinski definition) is 0. The summed E-state index contributed by atoms with van der Waals surface area (Å²) in [6.07, 6.45) is 4.80. The predicted octanol–water partition coefficient (Wildman–Crippen LogP) is 2.57. The fraction of sp³-hybridized carbons (Fsp3) is 0.250. The molecule has 0 N–H and O–H groups in total. The van der Waals surface area contributed by atoms with Gasteiger partial charge in [-0.1, -0.05) is 16.8 Å². The first-order valence-corrected chi connectivity index (χ1v) is 7.88. The van der Waals surface area contributed by atoms with Crippen LogP contribution in [0.5, 0.6) is 5.75 Å². The van der Waals surface area contributed by atoms with Crippen LogP contribution in [0, 0.1) is 0 Å². The number of rotatable bonds is 3. The molecule has 1 aromatic carbocycles. The predicted molar refractivity (Wildman–Crippen MR) is 86.4 cm³/mol. The lowest BCUT2D eigenvalue weighted by Crippen LogP contribution is -2.25. The van der Waals surface area contributed by atoms with Gasteiger partial charge in [0.15, 0.2) is 0 Å². The van der Waals surface area contributed by atoms with Crippen LogP contribution in [0.4, 0.5) is 0 Å². The van der Waals surface area contributed by atoms with Gasteiger partial charge in [0, 0.05) is 36.1 Å². The molecule has 0 saturated heterocycles. The van der Waals surface area contributed by atoms with Gasteiger partial charge >= 0.3 is 0 Å². The van der Waals surface area contributed by atoms with E-state index in [9.17, 15) is 0 Å². The molecule has 3 heterocycles. The Morgan fingerprint density at radius 2 is 2.21 bits per heavy atom. The molecule has 0 atom stereocenters. The van der Waals surface area contributed by atoms with Gasteiger partial charge in [-0.05, 0) is 18.2 Å². The molecule has 0 aliphatic carbocycles. The molecule has 0 unspecified atom stereocenters. The standard InChI is InChI=1S/C16H14ClN5O2/c17-12-1-2-14-11(7-12)9-22(5-6-23-14)10-15-20-16(21-24-15)13-8-18-3-4-19-13/h1-4,7-8H,5-6,9-10H2. The number of halogens is 1. The van der Waals surface area contributed by atoms with Crippen molar-refractivity contribution in [3.63, 3.8) is 0 Å². The highest BCUT2D eigenvalue weighted by molar-refractivity contribution is 6.30. The quantitative estimate of drug-likeness (QED) is 0.723. The number of aromatic nitrogens is 4. The molecule has 0 fully saturated rings. The van der Waals surface area contributed by atoms with E-state index in [2.05, 4.69) is 25.0 Å². The van der Waals surface area contributed by atoms with E-state index in [1.165, 1.54) is 0 Å². The average Bonchev–Trinajstić information content (AvgIpc) is 2.97. The summed E-state index contributed by atoms with van der Waals surface area (Å²) < 4.78 is 11.1. The maximum atomic E-state index is 6.08. The van der Waals surface area contributed by atoms with Gasteiger partial charge in [-0.25, -0.2) is 4.98 Å². The van der Waals surface area contributed by atoms with Crippen molar-refractivity contribution >= 4 is 11.6 Å². The van der Waals surface area contributed by atoms with Gasteiger partial charge < -0.3 is 9.26 Å². The minimum Gasteiger partial charge on any atom is -0.492 e. The summed E-state index contributed by atoms with van der Waals surface area (Å²) in [5.74, 6) is 1.83. The zero-order chi connectivity index (χ0) is 16.4. The van der Waals surface area contributed by atoms with Gasteiger partial charge in [-0.3, -0.25) is 9.88 Å². The molecule has 8 heteroatoms. The minimum absolute atomic E-state index is 0.438. The Bertz CT molecular complexity index is 839.